The highest BCUT2D eigenvalue weighted by Gasteiger charge is 2.12. The summed E-state index contributed by atoms with van der Waals surface area (Å²) in [5, 5.41) is 13.1. The predicted octanol–water partition coefficient (Wildman–Crippen LogP) is 2.17. The van der Waals surface area contributed by atoms with E-state index in [1.807, 2.05) is 12.1 Å². The Hall–Kier alpha value is -1.72. The van der Waals surface area contributed by atoms with E-state index < -0.39 is 0 Å². The highest BCUT2D eigenvalue weighted by molar-refractivity contribution is 5.27. The van der Waals surface area contributed by atoms with Crippen LogP contribution in [0.5, 0.6) is 0 Å². The van der Waals surface area contributed by atoms with Crippen molar-refractivity contribution in [3.63, 3.8) is 0 Å². The number of aliphatic hydroxyl groups is 1. The maximum absolute atomic E-state index is 9.06. The van der Waals surface area contributed by atoms with Gasteiger partial charge in [0.1, 0.15) is 0 Å². The van der Waals surface area contributed by atoms with Crippen LogP contribution in [0.25, 0.3) is 0 Å². The lowest BCUT2D eigenvalue weighted by atomic mass is 10.1. The zero-order valence-electron chi connectivity index (χ0n) is 12.7. The molecule has 21 heavy (non-hydrogen) atoms. The zero-order chi connectivity index (χ0) is 15.1. The minimum Gasteiger partial charge on any atom is -0.395 e. The fourth-order valence-electron chi connectivity index (χ4n) is 2.32. The molecule has 114 valence electrons. The molecule has 0 aliphatic carbocycles. The molecule has 0 saturated carbocycles. The number of hydrogen-bond donors (Lipinski definition) is 1. The van der Waals surface area contributed by atoms with Crippen molar-refractivity contribution >= 4 is 0 Å². The van der Waals surface area contributed by atoms with Gasteiger partial charge in [0.25, 0.3) is 0 Å². The summed E-state index contributed by atoms with van der Waals surface area (Å²) in [6, 6.07) is 8.21. The van der Waals surface area contributed by atoms with Crippen molar-refractivity contribution in [3.05, 3.63) is 47.1 Å². The fraction of sp³-hybridized carbons (Fsp3) is 0.500. The molecule has 0 atom stereocenters. The van der Waals surface area contributed by atoms with Gasteiger partial charge in [-0.05, 0) is 31.0 Å². The second-order valence-corrected chi connectivity index (χ2v) is 5.21. The zero-order valence-corrected chi connectivity index (χ0v) is 12.7. The first-order valence-electron chi connectivity index (χ1n) is 7.42. The van der Waals surface area contributed by atoms with Gasteiger partial charge in [0, 0.05) is 13.0 Å². The van der Waals surface area contributed by atoms with E-state index in [-0.39, 0.29) is 6.61 Å². The molecule has 2 rings (SSSR count). The molecule has 0 spiro atoms. The fourth-order valence-corrected chi connectivity index (χ4v) is 2.32. The molecular formula is C16H23N3O2. The number of rotatable bonds is 8. The van der Waals surface area contributed by atoms with Crippen molar-refractivity contribution in [1.82, 2.24) is 15.0 Å². The van der Waals surface area contributed by atoms with Crippen LogP contribution in [-0.2, 0) is 13.0 Å². The molecule has 0 fully saturated rings. The Balaban J connectivity index is 1.99. The third-order valence-electron chi connectivity index (χ3n) is 3.43. The van der Waals surface area contributed by atoms with Gasteiger partial charge in [-0.1, -0.05) is 36.3 Å². The molecule has 0 saturated heterocycles. The molecule has 1 aromatic heterocycles. The van der Waals surface area contributed by atoms with Crippen molar-refractivity contribution < 1.29 is 9.63 Å². The third kappa shape index (κ3) is 4.65. The third-order valence-corrected chi connectivity index (χ3v) is 3.43. The second kappa shape index (κ2) is 7.90. The van der Waals surface area contributed by atoms with Crippen LogP contribution in [-0.4, -0.2) is 39.8 Å². The summed E-state index contributed by atoms with van der Waals surface area (Å²) >= 11 is 0. The highest BCUT2D eigenvalue weighted by atomic mass is 16.5. The lowest BCUT2D eigenvalue weighted by molar-refractivity contribution is 0.174. The molecule has 1 N–H and O–H groups in total. The van der Waals surface area contributed by atoms with Crippen LogP contribution in [0.3, 0.4) is 0 Å². The Bertz CT molecular complexity index is 548. The van der Waals surface area contributed by atoms with Crippen molar-refractivity contribution in [1.29, 1.82) is 0 Å². The molecule has 0 radical (unpaired) electrons. The van der Waals surface area contributed by atoms with Gasteiger partial charge < -0.3 is 9.63 Å². The van der Waals surface area contributed by atoms with Gasteiger partial charge in [0.05, 0.1) is 13.2 Å². The quantitative estimate of drug-likeness (QED) is 0.807. The Morgan fingerprint density at radius 3 is 2.76 bits per heavy atom. The second-order valence-electron chi connectivity index (χ2n) is 5.21. The van der Waals surface area contributed by atoms with E-state index in [2.05, 4.69) is 41.0 Å². The Morgan fingerprint density at radius 2 is 2.05 bits per heavy atom. The monoisotopic (exact) mass is 289 g/mol. The summed E-state index contributed by atoms with van der Waals surface area (Å²) in [5.41, 5.74) is 2.45. The lowest BCUT2D eigenvalue weighted by Crippen LogP contribution is -2.27. The largest absolute Gasteiger partial charge is 0.395 e. The number of hydrogen-bond acceptors (Lipinski definition) is 5. The Morgan fingerprint density at radius 1 is 1.24 bits per heavy atom. The maximum Gasteiger partial charge on any atom is 0.240 e. The minimum atomic E-state index is 0.143. The van der Waals surface area contributed by atoms with E-state index in [4.69, 9.17) is 9.63 Å². The maximum atomic E-state index is 9.06. The smallest absolute Gasteiger partial charge is 0.240 e. The van der Waals surface area contributed by atoms with Crippen LogP contribution in [0, 0.1) is 6.92 Å². The van der Waals surface area contributed by atoms with Gasteiger partial charge in [-0.25, -0.2) is 0 Å². The summed E-state index contributed by atoms with van der Waals surface area (Å²) in [6.07, 6.45) is 1.72. The predicted molar refractivity (Wildman–Crippen MR) is 80.9 cm³/mol. The molecule has 0 aliphatic rings. The van der Waals surface area contributed by atoms with Crippen LogP contribution in [0.2, 0.25) is 0 Å². The summed E-state index contributed by atoms with van der Waals surface area (Å²) in [7, 11) is 0. The van der Waals surface area contributed by atoms with E-state index in [0.717, 1.165) is 13.0 Å². The first kappa shape index (κ1) is 15.7. The summed E-state index contributed by atoms with van der Waals surface area (Å²) in [5.74, 6) is 1.32. The minimum absolute atomic E-state index is 0.143. The number of benzene rings is 1. The first-order chi connectivity index (χ1) is 10.2. The summed E-state index contributed by atoms with van der Waals surface area (Å²) in [4.78, 5) is 6.57. The number of aliphatic hydroxyl groups excluding tert-OH is 1. The highest BCUT2D eigenvalue weighted by Crippen LogP contribution is 2.12. The number of aromatic nitrogens is 2. The van der Waals surface area contributed by atoms with Crippen LogP contribution in [0.15, 0.2) is 28.8 Å². The van der Waals surface area contributed by atoms with E-state index in [9.17, 15) is 0 Å². The molecule has 1 heterocycles. The van der Waals surface area contributed by atoms with Crippen LogP contribution < -0.4 is 0 Å². The molecule has 5 nitrogen and oxygen atoms in total. The Kier molecular flexibility index (Phi) is 5.90. The SMILES string of the molecule is CCCN(CCO)Cc1nc(Cc2ccccc2C)no1. The normalized spacial score (nSPS) is 11.2. The average molecular weight is 289 g/mol. The van der Waals surface area contributed by atoms with Gasteiger partial charge in [0.15, 0.2) is 5.82 Å². The average Bonchev–Trinajstić information content (AvgIpc) is 2.89. The molecule has 5 heteroatoms. The lowest BCUT2D eigenvalue weighted by Gasteiger charge is -2.17. The summed E-state index contributed by atoms with van der Waals surface area (Å²) < 4.78 is 5.32. The van der Waals surface area contributed by atoms with E-state index in [1.54, 1.807) is 0 Å². The van der Waals surface area contributed by atoms with Crippen molar-refractivity contribution in [3.8, 4) is 0 Å². The van der Waals surface area contributed by atoms with Gasteiger partial charge in [0.2, 0.25) is 5.89 Å². The van der Waals surface area contributed by atoms with Gasteiger partial charge >= 0.3 is 0 Å². The van der Waals surface area contributed by atoms with Crippen LogP contribution in [0.4, 0.5) is 0 Å². The van der Waals surface area contributed by atoms with Gasteiger partial charge in [-0.3, -0.25) is 4.90 Å². The Labute approximate surface area is 125 Å². The molecule has 0 aliphatic heterocycles. The molecule has 2 aromatic rings. The van der Waals surface area contributed by atoms with E-state index >= 15 is 0 Å². The molecular weight excluding hydrogens is 266 g/mol. The number of aryl methyl sites for hydroxylation is 1. The van der Waals surface area contributed by atoms with Crippen LogP contribution >= 0.6 is 0 Å². The van der Waals surface area contributed by atoms with Crippen molar-refractivity contribution in [2.45, 2.75) is 33.2 Å². The molecule has 0 bridgehead atoms. The number of nitrogens with zero attached hydrogens (tertiary/aromatic N) is 3. The molecule has 0 unspecified atom stereocenters. The van der Waals surface area contributed by atoms with Gasteiger partial charge in [-0.2, -0.15) is 4.98 Å². The summed E-state index contributed by atoms with van der Waals surface area (Å²) in [6.45, 7) is 6.47. The van der Waals surface area contributed by atoms with Gasteiger partial charge in [-0.15, -0.1) is 0 Å². The molecule has 1 aromatic carbocycles. The standard InChI is InChI=1S/C16H23N3O2/c1-3-8-19(9-10-20)12-16-17-15(18-21-16)11-14-7-5-4-6-13(14)2/h4-7,20H,3,8-12H2,1-2H3. The van der Waals surface area contributed by atoms with Crippen LogP contribution in [0.1, 0.15) is 36.2 Å². The topological polar surface area (TPSA) is 62.4 Å². The first-order valence-corrected chi connectivity index (χ1v) is 7.42. The molecule has 0 amide bonds. The van der Waals surface area contributed by atoms with E-state index in [1.165, 1.54) is 11.1 Å². The van der Waals surface area contributed by atoms with Crippen molar-refractivity contribution in [2.24, 2.45) is 0 Å². The van der Waals surface area contributed by atoms with Crippen molar-refractivity contribution in [2.75, 3.05) is 19.7 Å². The van der Waals surface area contributed by atoms with E-state index in [0.29, 0.717) is 31.2 Å².